The summed E-state index contributed by atoms with van der Waals surface area (Å²) in [6, 6.07) is 16.8. The zero-order chi connectivity index (χ0) is 17.0. The lowest BCUT2D eigenvalue weighted by Gasteiger charge is -1.96. The van der Waals surface area contributed by atoms with Gasteiger partial charge in [-0.05, 0) is 48.2 Å². The molecule has 0 N–H and O–H groups in total. The zero-order valence-electron chi connectivity index (χ0n) is 14.8. The van der Waals surface area contributed by atoms with Gasteiger partial charge in [0.15, 0.2) is 0 Å². The van der Waals surface area contributed by atoms with E-state index in [0.29, 0.717) is 0 Å². The molecule has 0 aromatic heterocycles. The molecule has 0 fully saturated rings. The fourth-order valence-electron chi connectivity index (χ4n) is 2.27. The lowest BCUT2D eigenvalue weighted by molar-refractivity contribution is 0.962. The SMILES string of the molecule is CCC/C=C/c1ccc(C#Cc2ccc(/C=C/CCC)cc2)cc1. The van der Waals surface area contributed by atoms with Crippen molar-refractivity contribution >= 4 is 12.2 Å². The molecular formula is C24H26. The van der Waals surface area contributed by atoms with Crippen LogP contribution in [0.3, 0.4) is 0 Å². The van der Waals surface area contributed by atoms with Crippen LogP contribution in [-0.2, 0) is 0 Å². The second-order valence-corrected chi connectivity index (χ2v) is 5.88. The molecule has 0 atom stereocenters. The van der Waals surface area contributed by atoms with Crippen molar-refractivity contribution in [2.45, 2.75) is 39.5 Å². The van der Waals surface area contributed by atoms with Crippen LogP contribution >= 0.6 is 0 Å². The first-order valence-corrected chi connectivity index (χ1v) is 8.87. The minimum atomic E-state index is 1.05. The maximum atomic E-state index is 3.24. The van der Waals surface area contributed by atoms with Gasteiger partial charge < -0.3 is 0 Å². The van der Waals surface area contributed by atoms with E-state index in [1.807, 2.05) is 0 Å². The van der Waals surface area contributed by atoms with E-state index in [4.69, 9.17) is 0 Å². The fraction of sp³-hybridized carbons (Fsp3) is 0.250. The molecule has 2 aromatic carbocycles. The maximum absolute atomic E-state index is 3.24. The van der Waals surface area contributed by atoms with Crippen LogP contribution < -0.4 is 0 Å². The summed E-state index contributed by atoms with van der Waals surface area (Å²) in [4.78, 5) is 0. The Morgan fingerprint density at radius 1 is 0.625 bits per heavy atom. The molecule has 0 heteroatoms. The van der Waals surface area contributed by atoms with Crippen molar-refractivity contribution in [2.24, 2.45) is 0 Å². The molecule has 0 nitrogen and oxygen atoms in total. The highest BCUT2D eigenvalue weighted by Crippen LogP contribution is 2.08. The quantitative estimate of drug-likeness (QED) is 0.520. The third-order valence-corrected chi connectivity index (χ3v) is 3.70. The van der Waals surface area contributed by atoms with Crippen LogP contribution in [0.25, 0.3) is 12.2 Å². The minimum absolute atomic E-state index is 1.05. The highest BCUT2D eigenvalue weighted by Gasteiger charge is 1.90. The average molecular weight is 314 g/mol. The molecule has 0 aliphatic rings. The van der Waals surface area contributed by atoms with Gasteiger partial charge >= 0.3 is 0 Å². The Kier molecular flexibility index (Phi) is 7.64. The van der Waals surface area contributed by atoms with Crippen molar-refractivity contribution in [3.05, 3.63) is 82.9 Å². The molecule has 2 aromatic rings. The molecule has 0 amide bonds. The maximum Gasteiger partial charge on any atom is 0.0249 e. The van der Waals surface area contributed by atoms with Gasteiger partial charge in [-0.1, -0.05) is 87.1 Å². The summed E-state index contributed by atoms with van der Waals surface area (Å²) in [5.41, 5.74) is 4.57. The van der Waals surface area contributed by atoms with Gasteiger partial charge in [0.1, 0.15) is 0 Å². The molecular weight excluding hydrogens is 288 g/mol. The van der Waals surface area contributed by atoms with E-state index in [-0.39, 0.29) is 0 Å². The Morgan fingerprint density at radius 3 is 1.33 bits per heavy atom. The van der Waals surface area contributed by atoms with Gasteiger partial charge in [-0.15, -0.1) is 0 Å². The number of unbranched alkanes of at least 4 members (excludes halogenated alkanes) is 2. The number of benzene rings is 2. The van der Waals surface area contributed by atoms with Crippen LogP contribution in [0.5, 0.6) is 0 Å². The van der Waals surface area contributed by atoms with E-state index < -0.39 is 0 Å². The van der Waals surface area contributed by atoms with Crippen molar-refractivity contribution in [1.29, 1.82) is 0 Å². The normalized spacial score (nSPS) is 10.9. The molecule has 0 aliphatic carbocycles. The Balaban J connectivity index is 1.99. The lowest BCUT2D eigenvalue weighted by Crippen LogP contribution is -1.78. The van der Waals surface area contributed by atoms with Crippen LogP contribution in [0.1, 0.15) is 61.8 Å². The monoisotopic (exact) mass is 314 g/mol. The number of rotatable bonds is 6. The zero-order valence-corrected chi connectivity index (χ0v) is 14.8. The Labute approximate surface area is 146 Å². The van der Waals surface area contributed by atoms with Gasteiger partial charge in [-0.3, -0.25) is 0 Å². The van der Waals surface area contributed by atoms with Crippen LogP contribution in [0.4, 0.5) is 0 Å². The third-order valence-electron chi connectivity index (χ3n) is 3.70. The van der Waals surface area contributed by atoms with E-state index in [0.717, 1.165) is 24.0 Å². The van der Waals surface area contributed by atoms with Crippen LogP contribution in [-0.4, -0.2) is 0 Å². The average Bonchev–Trinajstić information content (AvgIpc) is 2.63. The van der Waals surface area contributed by atoms with E-state index in [1.54, 1.807) is 0 Å². The first-order valence-electron chi connectivity index (χ1n) is 8.87. The Bertz CT molecular complexity index is 653. The van der Waals surface area contributed by atoms with E-state index in [2.05, 4.69) is 98.5 Å². The Hall–Kier alpha value is -2.52. The molecule has 0 unspecified atom stereocenters. The summed E-state index contributed by atoms with van der Waals surface area (Å²) < 4.78 is 0. The second-order valence-electron chi connectivity index (χ2n) is 5.88. The summed E-state index contributed by atoms with van der Waals surface area (Å²) >= 11 is 0. The minimum Gasteiger partial charge on any atom is -0.0840 e. The second kappa shape index (κ2) is 10.3. The van der Waals surface area contributed by atoms with Crippen molar-refractivity contribution in [3.63, 3.8) is 0 Å². The van der Waals surface area contributed by atoms with Gasteiger partial charge in [0, 0.05) is 11.1 Å². The first-order chi connectivity index (χ1) is 11.8. The first kappa shape index (κ1) is 17.8. The van der Waals surface area contributed by atoms with Crippen molar-refractivity contribution in [3.8, 4) is 11.8 Å². The topological polar surface area (TPSA) is 0 Å². The van der Waals surface area contributed by atoms with Crippen molar-refractivity contribution < 1.29 is 0 Å². The molecule has 0 saturated heterocycles. The third kappa shape index (κ3) is 6.31. The smallest absolute Gasteiger partial charge is 0.0249 e. The van der Waals surface area contributed by atoms with Crippen molar-refractivity contribution in [2.75, 3.05) is 0 Å². The summed E-state index contributed by atoms with van der Waals surface area (Å²) in [5.74, 6) is 6.47. The molecule has 0 spiro atoms. The molecule has 0 radical (unpaired) electrons. The molecule has 0 aliphatic heterocycles. The van der Waals surface area contributed by atoms with Gasteiger partial charge in [0.2, 0.25) is 0 Å². The van der Waals surface area contributed by atoms with Gasteiger partial charge in [-0.25, -0.2) is 0 Å². The van der Waals surface area contributed by atoms with E-state index >= 15 is 0 Å². The highest BCUT2D eigenvalue weighted by atomic mass is 13.9. The van der Waals surface area contributed by atoms with E-state index in [1.165, 1.54) is 24.0 Å². The number of hydrogen-bond donors (Lipinski definition) is 0. The molecule has 0 bridgehead atoms. The van der Waals surface area contributed by atoms with Gasteiger partial charge in [0.25, 0.3) is 0 Å². The summed E-state index contributed by atoms with van der Waals surface area (Å²) in [5, 5.41) is 0. The molecule has 122 valence electrons. The summed E-state index contributed by atoms with van der Waals surface area (Å²) in [7, 11) is 0. The molecule has 24 heavy (non-hydrogen) atoms. The number of allylic oxidation sites excluding steroid dienone is 2. The van der Waals surface area contributed by atoms with Crippen LogP contribution in [0.2, 0.25) is 0 Å². The summed E-state index contributed by atoms with van der Waals surface area (Å²) in [6.07, 6.45) is 13.4. The Morgan fingerprint density at radius 2 is 1.00 bits per heavy atom. The molecule has 0 heterocycles. The highest BCUT2D eigenvalue weighted by molar-refractivity contribution is 5.54. The predicted octanol–water partition coefficient (Wildman–Crippen LogP) is 6.71. The van der Waals surface area contributed by atoms with Crippen molar-refractivity contribution in [1.82, 2.24) is 0 Å². The predicted molar refractivity (Wildman–Crippen MR) is 107 cm³/mol. The van der Waals surface area contributed by atoms with Crippen LogP contribution in [0, 0.1) is 11.8 Å². The molecule has 0 saturated carbocycles. The fourth-order valence-corrected chi connectivity index (χ4v) is 2.27. The summed E-state index contributed by atoms with van der Waals surface area (Å²) in [6.45, 7) is 4.38. The largest absolute Gasteiger partial charge is 0.0840 e. The standard InChI is InChI=1S/C24H26/c1-3-5-7-9-21-11-15-23(16-12-21)19-20-24-17-13-22(14-18-24)10-8-6-4-2/h7-18H,3-6H2,1-2H3/b9-7+,10-8+. The van der Waals surface area contributed by atoms with Gasteiger partial charge in [0.05, 0.1) is 0 Å². The lowest BCUT2D eigenvalue weighted by atomic mass is 10.1. The van der Waals surface area contributed by atoms with Gasteiger partial charge in [-0.2, -0.15) is 0 Å². The van der Waals surface area contributed by atoms with Crippen LogP contribution in [0.15, 0.2) is 60.7 Å². The molecule has 2 rings (SSSR count). The number of hydrogen-bond acceptors (Lipinski definition) is 0. The van der Waals surface area contributed by atoms with E-state index in [9.17, 15) is 0 Å².